The van der Waals surface area contributed by atoms with Crippen LogP contribution in [0.2, 0.25) is 0 Å². The number of carbonyl (C=O) groups excluding carboxylic acids is 2. The van der Waals surface area contributed by atoms with Gasteiger partial charge in [-0.05, 0) is 51.0 Å². The van der Waals surface area contributed by atoms with Gasteiger partial charge in [-0.3, -0.25) is 14.9 Å². The fourth-order valence-corrected chi connectivity index (χ4v) is 4.86. The third-order valence-electron chi connectivity index (χ3n) is 6.48. The predicted octanol–water partition coefficient (Wildman–Crippen LogP) is 2.66. The molecule has 2 aliphatic heterocycles. The molecule has 3 fully saturated rings. The van der Waals surface area contributed by atoms with Gasteiger partial charge >= 0.3 is 0 Å². The molecule has 2 amide bonds. The van der Waals surface area contributed by atoms with Crippen LogP contribution >= 0.6 is 0 Å². The zero-order chi connectivity index (χ0) is 17.6. The lowest BCUT2D eigenvalue weighted by molar-refractivity contribution is -0.138. The largest absolute Gasteiger partial charge is 0.342 e. The maximum Gasteiger partial charge on any atom is 0.226 e. The molecule has 0 aromatic heterocycles. The molecule has 3 atom stereocenters. The zero-order valence-electron chi connectivity index (χ0n) is 15.8. The SMILES string of the molecule is CCN1CC(C(=O)NC2CCC(CC3CCCCC3)CN2)CCC1=O. The highest BCUT2D eigenvalue weighted by molar-refractivity contribution is 5.83. The number of rotatable bonds is 5. The Bertz CT molecular complexity index is 454. The van der Waals surface area contributed by atoms with Gasteiger partial charge < -0.3 is 10.2 Å². The molecule has 1 aliphatic carbocycles. The van der Waals surface area contributed by atoms with Crippen LogP contribution in [0.5, 0.6) is 0 Å². The molecule has 5 heteroatoms. The maximum absolute atomic E-state index is 12.5. The Morgan fingerprint density at radius 2 is 1.92 bits per heavy atom. The van der Waals surface area contributed by atoms with Crippen molar-refractivity contribution in [2.24, 2.45) is 17.8 Å². The summed E-state index contributed by atoms with van der Waals surface area (Å²) < 4.78 is 0. The summed E-state index contributed by atoms with van der Waals surface area (Å²) in [5.74, 6) is 1.98. The van der Waals surface area contributed by atoms with E-state index in [-0.39, 0.29) is 23.9 Å². The summed E-state index contributed by atoms with van der Waals surface area (Å²) in [5.41, 5.74) is 0. The topological polar surface area (TPSA) is 61.4 Å². The van der Waals surface area contributed by atoms with Crippen LogP contribution in [0.4, 0.5) is 0 Å². The minimum absolute atomic E-state index is 0.0422. The third kappa shape index (κ3) is 5.19. The highest BCUT2D eigenvalue weighted by Crippen LogP contribution is 2.31. The number of likely N-dealkylation sites (tertiary alicyclic amines) is 1. The Kier molecular flexibility index (Phi) is 6.74. The van der Waals surface area contributed by atoms with E-state index in [1.165, 1.54) is 44.9 Å². The van der Waals surface area contributed by atoms with Gasteiger partial charge in [0, 0.05) is 19.5 Å². The first-order valence-corrected chi connectivity index (χ1v) is 10.5. The van der Waals surface area contributed by atoms with Crippen LogP contribution in [0.15, 0.2) is 0 Å². The molecule has 0 aromatic rings. The summed E-state index contributed by atoms with van der Waals surface area (Å²) in [6.07, 6.45) is 12.0. The van der Waals surface area contributed by atoms with Crippen LogP contribution in [0.25, 0.3) is 0 Å². The van der Waals surface area contributed by atoms with E-state index in [0.29, 0.717) is 25.9 Å². The van der Waals surface area contributed by atoms with E-state index in [1.807, 2.05) is 11.8 Å². The molecule has 2 saturated heterocycles. The summed E-state index contributed by atoms with van der Waals surface area (Å²) in [5, 5.41) is 6.73. The van der Waals surface area contributed by atoms with Gasteiger partial charge in [0.05, 0.1) is 12.1 Å². The summed E-state index contributed by atoms with van der Waals surface area (Å²) in [4.78, 5) is 26.1. The van der Waals surface area contributed by atoms with Crippen LogP contribution in [0.1, 0.15) is 71.1 Å². The Morgan fingerprint density at radius 1 is 1.12 bits per heavy atom. The van der Waals surface area contributed by atoms with Crippen molar-refractivity contribution in [3.8, 4) is 0 Å². The lowest BCUT2D eigenvalue weighted by Gasteiger charge is -2.35. The normalized spacial score (nSPS) is 31.8. The van der Waals surface area contributed by atoms with Crippen molar-refractivity contribution >= 4 is 11.8 Å². The average Bonchev–Trinajstić information content (AvgIpc) is 2.64. The van der Waals surface area contributed by atoms with E-state index in [1.54, 1.807) is 0 Å². The molecule has 2 heterocycles. The molecular formula is C20H35N3O2. The third-order valence-corrected chi connectivity index (χ3v) is 6.48. The lowest BCUT2D eigenvalue weighted by Crippen LogP contribution is -2.54. The fraction of sp³-hybridized carbons (Fsp3) is 0.900. The molecule has 2 N–H and O–H groups in total. The van der Waals surface area contributed by atoms with Gasteiger partial charge in [-0.2, -0.15) is 0 Å². The first-order valence-electron chi connectivity index (χ1n) is 10.5. The summed E-state index contributed by atoms with van der Waals surface area (Å²) in [6, 6.07) is 0. The number of nitrogens with zero attached hydrogens (tertiary/aromatic N) is 1. The van der Waals surface area contributed by atoms with Crippen molar-refractivity contribution in [1.29, 1.82) is 0 Å². The van der Waals surface area contributed by atoms with Gasteiger partial charge in [-0.25, -0.2) is 0 Å². The molecular weight excluding hydrogens is 314 g/mol. The average molecular weight is 350 g/mol. The molecule has 0 radical (unpaired) electrons. The summed E-state index contributed by atoms with van der Waals surface area (Å²) >= 11 is 0. The summed E-state index contributed by atoms with van der Waals surface area (Å²) in [6.45, 7) is 4.30. The van der Waals surface area contributed by atoms with Gasteiger partial charge in [0.15, 0.2) is 0 Å². The Hall–Kier alpha value is -1.10. The lowest BCUT2D eigenvalue weighted by atomic mass is 9.80. The number of hydrogen-bond donors (Lipinski definition) is 2. The Labute approximate surface area is 152 Å². The van der Waals surface area contributed by atoms with Crippen molar-refractivity contribution in [2.45, 2.75) is 77.3 Å². The van der Waals surface area contributed by atoms with E-state index in [0.717, 1.165) is 24.8 Å². The molecule has 3 rings (SSSR count). The number of nitrogens with one attached hydrogen (secondary N) is 2. The number of amides is 2. The maximum atomic E-state index is 12.5. The Balaban J connectivity index is 1.38. The van der Waals surface area contributed by atoms with E-state index in [9.17, 15) is 9.59 Å². The molecule has 0 bridgehead atoms. The highest BCUT2D eigenvalue weighted by atomic mass is 16.2. The van der Waals surface area contributed by atoms with E-state index >= 15 is 0 Å². The van der Waals surface area contributed by atoms with Gasteiger partial charge in [0.2, 0.25) is 11.8 Å². The minimum Gasteiger partial charge on any atom is -0.342 e. The first-order chi connectivity index (χ1) is 12.2. The zero-order valence-corrected chi connectivity index (χ0v) is 15.8. The van der Waals surface area contributed by atoms with Crippen LogP contribution in [-0.4, -0.2) is 42.5 Å². The van der Waals surface area contributed by atoms with Gasteiger partial charge in [0.25, 0.3) is 0 Å². The van der Waals surface area contributed by atoms with Crippen LogP contribution < -0.4 is 10.6 Å². The van der Waals surface area contributed by atoms with Crippen LogP contribution in [-0.2, 0) is 9.59 Å². The van der Waals surface area contributed by atoms with Gasteiger partial charge in [-0.1, -0.05) is 32.1 Å². The van der Waals surface area contributed by atoms with Gasteiger partial charge in [-0.15, -0.1) is 0 Å². The molecule has 5 nitrogen and oxygen atoms in total. The summed E-state index contributed by atoms with van der Waals surface area (Å²) in [7, 11) is 0. The van der Waals surface area contributed by atoms with E-state index in [2.05, 4.69) is 10.6 Å². The molecule has 1 saturated carbocycles. The van der Waals surface area contributed by atoms with Crippen LogP contribution in [0.3, 0.4) is 0 Å². The van der Waals surface area contributed by atoms with Crippen molar-refractivity contribution in [3.05, 3.63) is 0 Å². The quantitative estimate of drug-likeness (QED) is 0.802. The van der Waals surface area contributed by atoms with E-state index < -0.39 is 0 Å². The second kappa shape index (κ2) is 9.02. The highest BCUT2D eigenvalue weighted by Gasteiger charge is 2.31. The minimum atomic E-state index is -0.0422. The Morgan fingerprint density at radius 3 is 2.60 bits per heavy atom. The number of carbonyl (C=O) groups is 2. The van der Waals surface area contributed by atoms with Crippen molar-refractivity contribution in [3.63, 3.8) is 0 Å². The molecule has 3 unspecified atom stereocenters. The fourth-order valence-electron chi connectivity index (χ4n) is 4.86. The number of piperidine rings is 2. The predicted molar refractivity (Wildman–Crippen MR) is 98.8 cm³/mol. The molecule has 0 spiro atoms. The standard InChI is InChI=1S/C20H35N3O2/c1-2-23-14-17(9-11-19(23)24)20(25)22-18-10-8-16(13-21-18)12-15-6-4-3-5-7-15/h15-18,21H,2-14H2,1H3,(H,22,25). The molecule has 142 valence electrons. The second-order valence-electron chi connectivity index (χ2n) is 8.32. The van der Waals surface area contributed by atoms with E-state index in [4.69, 9.17) is 0 Å². The number of hydrogen-bond acceptors (Lipinski definition) is 3. The van der Waals surface area contributed by atoms with Crippen LogP contribution in [0, 0.1) is 17.8 Å². The van der Waals surface area contributed by atoms with Crippen molar-refractivity contribution in [2.75, 3.05) is 19.6 Å². The smallest absolute Gasteiger partial charge is 0.226 e. The first kappa shape index (κ1) is 18.7. The van der Waals surface area contributed by atoms with Crippen molar-refractivity contribution < 1.29 is 9.59 Å². The molecule has 25 heavy (non-hydrogen) atoms. The van der Waals surface area contributed by atoms with Crippen molar-refractivity contribution in [1.82, 2.24) is 15.5 Å². The second-order valence-corrected chi connectivity index (χ2v) is 8.32. The molecule has 0 aromatic carbocycles. The molecule has 3 aliphatic rings. The monoisotopic (exact) mass is 349 g/mol. The van der Waals surface area contributed by atoms with Gasteiger partial charge in [0.1, 0.15) is 0 Å².